The maximum absolute atomic E-state index is 9.40. The lowest BCUT2D eigenvalue weighted by Crippen LogP contribution is -1.82. The molecule has 0 fully saturated rings. The van der Waals surface area contributed by atoms with E-state index in [1.165, 1.54) is 0 Å². The number of halogens is 1. The summed E-state index contributed by atoms with van der Waals surface area (Å²) in [6.45, 7) is 1.15. The predicted molar refractivity (Wildman–Crippen MR) is 44.3 cm³/mol. The van der Waals surface area contributed by atoms with Gasteiger partial charge in [-0.05, 0) is 17.7 Å². The average Bonchev–Trinajstić information content (AvgIpc) is 2.34. The first-order chi connectivity index (χ1) is 5.27. The van der Waals surface area contributed by atoms with Crippen LogP contribution in [-0.4, -0.2) is 5.11 Å². The molecule has 0 amide bonds. The first kappa shape index (κ1) is 7.13. The molecule has 0 radical (unpaired) electrons. The van der Waals surface area contributed by atoms with E-state index in [2.05, 4.69) is 15.9 Å². The molecule has 0 bridgehead atoms. The van der Waals surface area contributed by atoms with Gasteiger partial charge in [0.25, 0.3) is 0 Å². The van der Waals surface area contributed by atoms with E-state index in [0.29, 0.717) is 19.0 Å². The number of benzene rings is 1. The summed E-state index contributed by atoms with van der Waals surface area (Å²) < 4.78 is 6.07. The van der Waals surface area contributed by atoms with Gasteiger partial charge in [0.15, 0.2) is 0 Å². The second-order valence-corrected chi connectivity index (χ2v) is 3.47. The van der Waals surface area contributed by atoms with Gasteiger partial charge < -0.3 is 9.84 Å². The highest BCUT2D eigenvalue weighted by Crippen LogP contribution is 2.31. The first-order valence-electron chi connectivity index (χ1n) is 3.35. The van der Waals surface area contributed by atoms with Gasteiger partial charge in [-0.3, -0.25) is 0 Å². The number of rotatable bonds is 0. The Hall–Kier alpha value is -0.540. The van der Waals surface area contributed by atoms with E-state index in [1.54, 1.807) is 6.07 Å². The van der Waals surface area contributed by atoms with Crippen LogP contribution >= 0.6 is 15.9 Å². The summed E-state index contributed by atoms with van der Waals surface area (Å²) in [5.41, 5.74) is 2.00. The maximum atomic E-state index is 9.40. The van der Waals surface area contributed by atoms with Crippen LogP contribution < -0.4 is 0 Å². The van der Waals surface area contributed by atoms with Gasteiger partial charge in [0, 0.05) is 10.0 Å². The summed E-state index contributed by atoms with van der Waals surface area (Å²) in [6.07, 6.45) is 0. The molecule has 1 aromatic carbocycles. The maximum Gasteiger partial charge on any atom is 0.122 e. The van der Waals surface area contributed by atoms with Gasteiger partial charge >= 0.3 is 0 Å². The quantitative estimate of drug-likeness (QED) is 0.718. The molecule has 0 unspecified atom stereocenters. The van der Waals surface area contributed by atoms with Crippen molar-refractivity contribution in [3.63, 3.8) is 0 Å². The van der Waals surface area contributed by atoms with Gasteiger partial charge in [-0.1, -0.05) is 15.9 Å². The summed E-state index contributed by atoms with van der Waals surface area (Å²) in [5, 5.41) is 9.40. The summed E-state index contributed by atoms with van der Waals surface area (Å²) in [6, 6.07) is 3.66. The Morgan fingerprint density at radius 1 is 1.36 bits per heavy atom. The number of phenolic OH excluding ortho intramolecular Hbond substituents is 1. The second-order valence-electron chi connectivity index (χ2n) is 2.56. The molecule has 0 atom stereocenters. The van der Waals surface area contributed by atoms with E-state index >= 15 is 0 Å². The molecule has 1 aromatic rings. The van der Waals surface area contributed by atoms with Crippen molar-refractivity contribution >= 4 is 15.9 Å². The Kier molecular flexibility index (Phi) is 1.62. The van der Waals surface area contributed by atoms with Crippen molar-refractivity contribution in [2.75, 3.05) is 0 Å². The van der Waals surface area contributed by atoms with E-state index in [-0.39, 0.29) is 0 Å². The van der Waals surface area contributed by atoms with E-state index in [4.69, 9.17) is 4.74 Å². The molecular weight excluding hydrogens is 208 g/mol. The molecule has 1 heterocycles. The van der Waals surface area contributed by atoms with Crippen molar-refractivity contribution in [2.45, 2.75) is 13.2 Å². The normalized spacial score (nSPS) is 15.0. The Bertz CT molecular complexity index is 296. The van der Waals surface area contributed by atoms with Crippen LogP contribution in [0.2, 0.25) is 0 Å². The second kappa shape index (κ2) is 2.50. The number of fused-ring (bicyclic) bond motifs is 1. The van der Waals surface area contributed by atoms with Crippen LogP contribution in [0, 0.1) is 0 Å². The topological polar surface area (TPSA) is 29.5 Å². The van der Waals surface area contributed by atoms with Gasteiger partial charge in [0.1, 0.15) is 5.75 Å². The minimum Gasteiger partial charge on any atom is -0.508 e. The first-order valence-corrected chi connectivity index (χ1v) is 4.14. The third kappa shape index (κ3) is 1.14. The summed E-state index contributed by atoms with van der Waals surface area (Å²) in [4.78, 5) is 0. The smallest absolute Gasteiger partial charge is 0.122 e. The zero-order valence-corrected chi connectivity index (χ0v) is 7.39. The molecule has 0 aliphatic carbocycles. The Morgan fingerprint density at radius 2 is 2.18 bits per heavy atom. The van der Waals surface area contributed by atoms with Crippen LogP contribution in [0.3, 0.4) is 0 Å². The highest BCUT2D eigenvalue weighted by molar-refractivity contribution is 9.10. The molecule has 2 rings (SSSR count). The molecule has 0 saturated carbocycles. The fraction of sp³-hybridized carbons (Fsp3) is 0.250. The molecule has 0 aromatic heterocycles. The summed E-state index contributed by atoms with van der Waals surface area (Å²) in [7, 11) is 0. The van der Waals surface area contributed by atoms with Gasteiger partial charge in [0.2, 0.25) is 0 Å². The fourth-order valence-corrected chi connectivity index (χ4v) is 1.73. The standard InChI is InChI=1S/C8H7BrO2/c9-6-1-5-3-11-4-7(5)8(10)2-6/h1-2,10H,3-4H2. The van der Waals surface area contributed by atoms with E-state index < -0.39 is 0 Å². The summed E-state index contributed by atoms with van der Waals surface area (Å²) >= 11 is 3.30. The zero-order valence-electron chi connectivity index (χ0n) is 5.80. The Balaban J connectivity index is 2.60. The highest BCUT2D eigenvalue weighted by Gasteiger charge is 2.15. The third-order valence-electron chi connectivity index (χ3n) is 1.79. The van der Waals surface area contributed by atoms with Gasteiger partial charge in [-0.25, -0.2) is 0 Å². The van der Waals surface area contributed by atoms with Gasteiger partial charge in [-0.15, -0.1) is 0 Å². The van der Waals surface area contributed by atoms with Gasteiger partial charge in [-0.2, -0.15) is 0 Å². The molecule has 58 valence electrons. The van der Waals surface area contributed by atoms with Crippen molar-refractivity contribution in [1.29, 1.82) is 0 Å². The number of hydrogen-bond acceptors (Lipinski definition) is 2. The van der Waals surface area contributed by atoms with E-state index in [1.807, 2.05) is 6.07 Å². The summed E-state index contributed by atoms with van der Waals surface area (Å²) in [5.74, 6) is 0.326. The monoisotopic (exact) mass is 214 g/mol. The van der Waals surface area contributed by atoms with E-state index in [0.717, 1.165) is 15.6 Å². The van der Waals surface area contributed by atoms with Crippen molar-refractivity contribution in [2.24, 2.45) is 0 Å². The predicted octanol–water partition coefficient (Wildman–Crippen LogP) is 2.18. The fourth-order valence-electron chi connectivity index (χ4n) is 1.24. The number of phenols is 1. The Labute approximate surface area is 72.9 Å². The van der Waals surface area contributed by atoms with Crippen LogP contribution in [-0.2, 0) is 18.0 Å². The SMILES string of the molecule is Oc1cc(Br)cc2c1COC2. The van der Waals surface area contributed by atoms with Crippen LogP contribution in [0.1, 0.15) is 11.1 Å². The molecule has 0 saturated heterocycles. The van der Waals surface area contributed by atoms with Crippen LogP contribution in [0.4, 0.5) is 0 Å². The lowest BCUT2D eigenvalue weighted by Gasteiger charge is -2.00. The molecular formula is C8H7BrO2. The van der Waals surface area contributed by atoms with Crippen LogP contribution in [0.15, 0.2) is 16.6 Å². The molecule has 1 aliphatic rings. The van der Waals surface area contributed by atoms with E-state index in [9.17, 15) is 5.11 Å². The lowest BCUT2D eigenvalue weighted by molar-refractivity contribution is 0.133. The number of ether oxygens (including phenoxy) is 1. The van der Waals surface area contributed by atoms with Crippen LogP contribution in [0.25, 0.3) is 0 Å². The minimum atomic E-state index is 0.326. The number of hydrogen-bond donors (Lipinski definition) is 1. The molecule has 0 spiro atoms. The van der Waals surface area contributed by atoms with Crippen LogP contribution in [0.5, 0.6) is 5.75 Å². The molecule has 2 nitrogen and oxygen atoms in total. The molecule has 1 N–H and O–H groups in total. The molecule has 3 heteroatoms. The van der Waals surface area contributed by atoms with Crippen molar-refractivity contribution in [3.05, 3.63) is 27.7 Å². The molecule has 11 heavy (non-hydrogen) atoms. The minimum absolute atomic E-state index is 0.326. The lowest BCUT2D eigenvalue weighted by atomic mass is 10.1. The third-order valence-corrected chi connectivity index (χ3v) is 2.25. The Morgan fingerprint density at radius 3 is 3.00 bits per heavy atom. The largest absolute Gasteiger partial charge is 0.508 e. The van der Waals surface area contributed by atoms with Crippen molar-refractivity contribution < 1.29 is 9.84 Å². The number of aromatic hydroxyl groups is 1. The van der Waals surface area contributed by atoms with Crippen molar-refractivity contribution in [1.82, 2.24) is 0 Å². The highest BCUT2D eigenvalue weighted by atomic mass is 79.9. The van der Waals surface area contributed by atoms with Gasteiger partial charge in [0.05, 0.1) is 13.2 Å². The zero-order chi connectivity index (χ0) is 7.84. The molecule has 1 aliphatic heterocycles. The average molecular weight is 215 g/mol. The van der Waals surface area contributed by atoms with Crippen molar-refractivity contribution in [3.8, 4) is 5.75 Å².